The van der Waals surface area contributed by atoms with E-state index in [-0.39, 0.29) is 11.7 Å². The zero-order chi connectivity index (χ0) is 30.0. The van der Waals surface area contributed by atoms with Crippen molar-refractivity contribution in [3.63, 3.8) is 0 Å². The number of benzene rings is 1. The van der Waals surface area contributed by atoms with Crippen molar-refractivity contribution in [2.75, 3.05) is 49.1 Å². The van der Waals surface area contributed by atoms with E-state index >= 15 is 0 Å². The molecule has 0 saturated carbocycles. The zero-order valence-electron chi connectivity index (χ0n) is 24.1. The minimum atomic E-state index is -3.36. The molecule has 0 unspecified atom stereocenters. The van der Waals surface area contributed by atoms with Crippen LogP contribution in [-0.4, -0.2) is 98.7 Å². The number of hydrogen-bond acceptors (Lipinski definition) is 10. The van der Waals surface area contributed by atoms with Gasteiger partial charge in [-0.1, -0.05) is 17.7 Å². The zero-order valence-corrected chi connectivity index (χ0v) is 25.7. The normalized spacial score (nSPS) is 20.7. The molecule has 0 spiro atoms. The number of anilines is 4. The number of β-amino-alcohol motifs (C(OH)–C–C–N with tert-alkyl or cyclic N) is 2. The molecule has 0 amide bonds. The number of aromatic nitrogens is 4. The molecule has 0 aliphatic carbocycles. The minimum absolute atomic E-state index is 0.0736. The third-order valence-corrected chi connectivity index (χ3v) is 10.3. The SMILES string of the molecule is Cc1cc(Nc2nc(Nc3cc(C)c(C4CCN(S(=O)(=O)CCCN5C[C@@H](O)[C@H](O)C5)CC4)cc3C)ncc2Cl)n[nH]1. The van der Waals surface area contributed by atoms with E-state index in [9.17, 15) is 18.6 Å². The molecule has 2 aliphatic rings. The Hall–Kier alpha value is -2.81. The van der Waals surface area contributed by atoms with Gasteiger partial charge in [0.25, 0.3) is 0 Å². The van der Waals surface area contributed by atoms with Gasteiger partial charge in [0.1, 0.15) is 5.02 Å². The number of H-pyrrole nitrogens is 1. The molecule has 2 aliphatic heterocycles. The Morgan fingerprint density at radius 2 is 1.76 bits per heavy atom. The van der Waals surface area contributed by atoms with Crippen LogP contribution < -0.4 is 10.6 Å². The van der Waals surface area contributed by atoms with Gasteiger partial charge in [-0.2, -0.15) is 10.1 Å². The number of nitrogens with zero attached hydrogens (tertiary/aromatic N) is 5. The Balaban J connectivity index is 1.17. The van der Waals surface area contributed by atoms with Gasteiger partial charge in [-0.05, 0) is 75.3 Å². The van der Waals surface area contributed by atoms with Crippen LogP contribution in [0.2, 0.25) is 5.02 Å². The third-order valence-electron chi connectivity index (χ3n) is 8.05. The number of aliphatic hydroxyl groups excluding tert-OH is 2. The number of aromatic amines is 1. The molecule has 4 heterocycles. The Morgan fingerprint density at radius 3 is 2.43 bits per heavy atom. The van der Waals surface area contributed by atoms with Gasteiger partial charge in [0, 0.05) is 43.6 Å². The summed E-state index contributed by atoms with van der Waals surface area (Å²) >= 11 is 6.31. The van der Waals surface area contributed by atoms with Gasteiger partial charge in [0.15, 0.2) is 11.6 Å². The molecule has 0 radical (unpaired) electrons. The van der Waals surface area contributed by atoms with Gasteiger partial charge in [-0.25, -0.2) is 17.7 Å². The first-order valence-corrected chi connectivity index (χ1v) is 16.2. The van der Waals surface area contributed by atoms with E-state index in [2.05, 4.69) is 49.9 Å². The lowest BCUT2D eigenvalue weighted by atomic mass is 9.86. The number of sulfonamides is 1. The maximum absolute atomic E-state index is 13.0. The van der Waals surface area contributed by atoms with Gasteiger partial charge >= 0.3 is 0 Å². The molecule has 12 nitrogen and oxygen atoms in total. The molecule has 2 atom stereocenters. The highest BCUT2D eigenvalue weighted by atomic mass is 35.5. The minimum Gasteiger partial charge on any atom is -0.389 e. The van der Waals surface area contributed by atoms with E-state index in [1.165, 1.54) is 11.8 Å². The van der Waals surface area contributed by atoms with Crippen LogP contribution in [-0.2, 0) is 10.0 Å². The van der Waals surface area contributed by atoms with Crippen LogP contribution in [0.25, 0.3) is 0 Å². The number of rotatable bonds is 10. The Morgan fingerprint density at radius 1 is 1.05 bits per heavy atom. The van der Waals surface area contributed by atoms with Gasteiger partial charge in [-0.15, -0.1) is 0 Å². The van der Waals surface area contributed by atoms with Crippen LogP contribution in [0.1, 0.15) is 47.6 Å². The van der Waals surface area contributed by atoms with Crippen molar-refractivity contribution in [1.82, 2.24) is 29.4 Å². The molecular weight excluding hydrogens is 580 g/mol. The lowest BCUT2D eigenvalue weighted by Crippen LogP contribution is -2.40. The van der Waals surface area contributed by atoms with Crippen LogP contribution in [0.15, 0.2) is 24.4 Å². The first-order chi connectivity index (χ1) is 20.0. The van der Waals surface area contributed by atoms with Gasteiger partial charge < -0.3 is 20.8 Å². The molecule has 1 aromatic carbocycles. The average Bonchev–Trinajstić information content (AvgIpc) is 3.50. The number of hydrogen-bond donors (Lipinski definition) is 5. The largest absolute Gasteiger partial charge is 0.389 e. The van der Waals surface area contributed by atoms with Crippen molar-refractivity contribution >= 4 is 44.9 Å². The number of aliphatic hydroxyl groups is 2. The molecule has 2 saturated heterocycles. The van der Waals surface area contributed by atoms with Crippen molar-refractivity contribution < 1.29 is 18.6 Å². The molecule has 0 bridgehead atoms. The first kappa shape index (κ1) is 30.6. The van der Waals surface area contributed by atoms with Crippen molar-refractivity contribution in [2.45, 2.75) is 58.2 Å². The Bertz CT molecular complexity index is 1500. The second-order valence-corrected chi connectivity index (χ2v) is 13.8. The molecule has 14 heteroatoms. The number of aryl methyl sites for hydroxylation is 3. The van der Waals surface area contributed by atoms with Crippen molar-refractivity contribution in [3.8, 4) is 0 Å². The van der Waals surface area contributed by atoms with E-state index in [4.69, 9.17) is 11.6 Å². The lowest BCUT2D eigenvalue weighted by Gasteiger charge is -2.32. The second kappa shape index (κ2) is 12.8. The summed E-state index contributed by atoms with van der Waals surface area (Å²) in [6.07, 6.45) is 2.04. The predicted octanol–water partition coefficient (Wildman–Crippen LogP) is 3.20. The number of likely N-dealkylation sites (tertiary alicyclic amines) is 1. The van der Waals surface area contributed by atoms with Gasteiger partial charge in [0.05, 0.1) is 24.2 Å². The number of nitrogens with one attached hydrogen (secondary N) is 3. The van der Waals surface area contributed by atoms with E-state index in [1.807, 2.05) is 24.8 Å². The molecule has 2 fully saturated rings. The summed E-state index contributed by atoms with van der Waals surface area (Å²) in [6, 6.07) is 6.11. The van der Waals surface area contributed by atoms with Crippen LogP contribution in [0, 0.1) is 20.8 Å². The van der Waals surface area contributed by atoms with Crippen LogP contribution in [0.5, 0.6) is 0 Å². The quantitative estimate of drug-likeness (QED) is 0.228. The topological polar surface area (TPSA) is 160 Å². The van der Waals surface area contributed by atoms with Crippen molar-refractivity contribution in [2.24, 2.45) is 0 Å². The summed E-state index contributed by atoms with van der Waals surface area (Å²) < 4.78 is 27.6. The van der Waals surface area contributed by atoms with Crippen LogP contribution >= 0.6 is 11.6 Å². The standard InChI is InChI=1S/C28H39ClN8O4S/c1-17-12-23(31-28-30-14-22(29)27(33-28)32-26-13-19(3)34-35-26)18(2)11-21(17)20-5-8-37(9-6-20)42(40,41)10-4-7-36-15-24(38)25(39)16-36/h11-14,20,24-25,38-39H,4-10,15-16H2,1-3H3,(H3,30,31,32,33,34,35)/t24-,25-/m1/s1. The Kier molecular flexibility index (Phi) is 9.35. The van der Waals surface area contributed by atoms with E-state index in [1.54, 1.807) is 4.31 Å². The number of piperidine rings is 1. The molecular formula is C28H39ClN8O4S. The number of halogens is 1. The fourth-order valence-corrected chi connectivity index (χ4v) is 7.38. The molecule has 228 valence electrons. The monoisotopic (exact) mass is 618 g/mol. The fourth-order valence-electron chi connectivity index (χ4n) is 5.73. The third kappa shape index (κ3) is 7.21. The van der Waals surface area contributed by atoms with Gasteiger partial charge in [-0.3, -0.25) is 10.00 Å². The average molecular weight is 619 g/mol. The summed E-state index contributed by atoms with van der Waals surface area (Å²) in [5.41, 5.74) is 5.20. The van der Waals surface area contributed by atoms with Crippen LogP contribution in [0.4, 0.5) is 23.3 Å². The van der Waals surface area contributed by atoms with Crippen LogP contribution in [0.3, 0.4) is 0 Å². The molecule has 5 N–H and O–H groups in total. The lowest BCUT2D eigenvalue weighted by molar-refractivity contribution is 0.0572. The highest BCUT2D eigenvalue weighted by molar-refractivity contribution is 7.89. The molecule has 42 heavy (non-hydrogen) atoms. The van der Waals surface area contributed by atoms with Gasteiger partial charge in [0.2, 0.25) is 16.0 Å². The van der Waals surface area contributed by atoms with E-state index in [0.717, 1.165) is 35.3 Å². The fraction of sp³-hybridized carbons (Fsp3) is 0.536. The summed E-state index contributed by atoms with van der Waals surface area (Å²) in [5, 5.41) is 33.2. The summed E-state index contributed by atoms with van der Waals surface area (Å²) in [5.74, 6) is 1.81. The highest BCUT2D eigenvalue weighted by Crippen LogP contribution is 2.35. The van der Waals surface area contributed by atoms with Crippen molar-refractivity contribution in [1.29, 1.82) is 0 Å². The summed E-state index contributed by atoms with van der Waals surface area (Å²) in [4.78, 5) is 10.8. The molecule has 3 aromatic rings. The van der Waals surface area contributed by atoms with E-state index in [0.29, 0.717) is 61.8 Å². The first-order valence-electron chi connectivity index (χ1n) is 14.2. The Labute approximate surface area is 251 Å². The predicted molar refractivity (Wildman–Crippen MR) is 163 cm³/mol. The van der Waals surface area contributed by atoms with Crippen molar-refractivity contribution in [3.05, 3.63) is 51.8 Å². The molecule has 2 aromatic heterocycles. The summed E-state index contributed by atoms with van der Waals surface area (Å²) in [6.45, 7) is 8.33. The van der Waals surface area contributed by atoms with E-state index < -0.39 is 22.2 Å². The second-order valence-electron chi connectivity index (χ2n) is 11.3. The smallest absolute Gasteiger partial charge is 0.229 e. The maximum atomic E-state index is 13.0. The highest BCUT2D eigenvalue weighted by Gasteiger charge is 2.31. The molecule has 5 rings (SSSR count). The summed E-state index contributed by atoms with van der Waals surface area (Å²) in [7, 11) is -3.36. The maximum Gasteiger partial charge on any atom is 0.229 e.